The van der Waals surface area contributed by atoms with E-state index in [1.54, 1.807) is 12.4 Å². The Kier molecular flexibility index (Phi) is 3.29. The van der Waals surface area contributed by atoms with E-state index in [0.29, 0.717) is 6.54 Å². The maximum absolute atomic E-state index is 11.1. The molecule has 4 nitrogen and oxygen atoms in total. The molecular weight excluding hydrogens is 190 g/mol. The minimum Gasteiger partial charge on any atom is -0.351 e. The van der Waals surface area contributed by atoms with Crippen molar-refractivity contribution in [3.8, 4) is 0 Å². The highest BCUT2D eigenvalue weighted by Gasteiger charge is 2.16. The van der Waals surface area contributed by atoms with Gasteiger partial charge in [-0.05, 0) is 30.5 Å². The molecule has 1 aromatic rings. The van der Waals surface area contributed by atoms with Gasteiger partial charge in [-0.2, -0.15) is 0 Å². The lowest BCUT2D eigenvalue weighted by atomic mass is 10.1. The van der Waals surface area contributed by atoms with Gasteiger partial charge >= 0.3 is 0 Å². The molecule has 1 fully saturated rings. The van der Waals surface area contributed by atoms with Crippen molar-refractivity contribution >= 4 is 5.91 Å². The minimum atomic E-state index is 0.0981. The van der Waals surface area contributed by atoms with Crippen molar-refractivity contribution in [2.75, 3.05) is 13.1 Å². The highest BCUT2D eigenvalue weighted by atomic mass is 16.2. The van der Waals surface area contributed by atoms with Gasteiger partial charge in [-0.3, -0.25) is 9.78 Å². The number of aryl methyl sites for hydroxylation is 1. The van der Waals surface area contributed by atoms with Crippen molar-refractivity contribution in [1.82, 2.24) is 15.6 Å². The van der Waals surface area contributed by atoms with E-state index < -0.39 is 0 Å². The number of hydrogen-bond acceptors (Lipinski definition) is 3. The van der Waals surface area contributed by atoms with Gasteiger partial charge in [0.1, 0.15) is 0 Å². The number of hydrogen-bond donors (Lipinski definition) is 2. The zero-order valence-electron chi connectivity index (χ0n) is 8.57. The summed E-state index contributed by atoms with van der Waals surface area (Å²) in [6, 6.07) is 4.29. The molecule has 1 aromatic heterocycles. The lowest BCUT2D eigenvalue weighted by Gasteiger charge is -2.24. The predicted molar refractivity (Wildman–Crippen MR) is 57.4 cm³/mol. The number of carbonyl (C=O) groups is 1. The van der Waals surface area contributed by atoms with E-state index in [1.165, 1.54) is 5.56 Å². The van der Waals surface area contributed by atoms with E-state index in [4.69, 9.17) is 0 Å². The van der Waals surface area contributed by atoms with Crippen LogP contribution in [0.3, 0.4) is 0 Å². The third kappa shape index (κ3) is 3.02. The van der Waals surface area contributed by atoms with Gasteiger partial charge in [0.15, 0.2) is 0 Å². The Morgan fingerprint density at radius 1 is 1.40 bits per heavy atom. The molecule has 1 aliphatic heterocycles. The molecule has 2 N–H and O–H groups in total. The van der Waals surface area contributed by atoms with E-state index in [1.807, 2.05) is 12.1 Å². The van der Waals surface area contributed by atoms with E-state index in [-0.39, 0.29) is 11.9 Å². The highest BCUT2D eigenvalue weighted by Crippen LogP contribution is 2.04. The van der Waals surface area contributed by atoms with E-state index in [0.717, 1.165) is 19.4 Å². The van der Waals surface area contributed by atoms with Crippen LogP contribution in [-0.2, 0) is 11.2 Å². The molecule has 4 heteroatoms. The van der Waals surface area contributed by atoms with Crippen LogP contribution in [0.2, 0.25) is 0 Å². The Morgan fingerprint density at radius 2 is 2.20 bits per heavy atom. The van der Waals surface area contributed by atoms with Crippen molar-refractivity contribution in [1.29, 1.82) is 0 Å². The highest BCUT2D eigenvalue weighted by molar-refractivity contribution is 5.79. The standard InChI is InChI=1S/C11H15N3O/c15-11-8-13-7-10(14-11)2-1-9-3-5-12-6-4-9/h3-6,10,13H,1-2,7-8H2,(H,14,15). The summed E-state index contributed by atoms with van der Waals surface area (Å²) in [5.74, 6) is 0.0981. The quantitative estimate of drug-likeness (QED) is 0.736. The fraction of sp³-hybridized carbons (Fsp3) is 0.455. The second-order valence-corrected chi connectivity index (χ2v) is 3.79. The Bertz CT molecular complexity index is 326. The summed E-state index contributed by atoms with van der Waals surface area (Å²) in [6.45, 7) is 1.32. The largest absolute Gasteiger partial charge is 0.351 e. The Hall–Kier alpha value is -1.42. The van der Waals surface area contributed by atoms with Crippen LogP contribution in [-0.4, -0.2) is 30.0 Å². The number of nitrogens with one attached hydrogen (secondary N) is 2. The van der Waals surface area contributed by atoms with Crippen molar-refractivity contribution in [2.24, 2.45) is 0 Å². The first-order valence-electron chi connectivity index (χ1n) is 5.23. The van der Waals surface area contributed by atoms with Crippen molar-refractivity contribution in [3.05, 3.63) is 30.1 Å². The van der Waals surface area contributed by atoms with E-state index >= 15 is 0 Å². The van der Waals surface area contributed by atoms with Crippen LogP contribution >= 0.6 is 0 Å². The summed E-state index contributed by atoms with van der Waals surface area (Å²) in [6.07, 6.45) is 5.55. The first kappa shape index (κ1) is 10.1. The van der Waals surface area contributed by atoms with Crippen molar-refractivity contribution in [2.45, 2.75) is 18.9 Å². The zero-order chi connectivity index (χ0) is 10.5. The number of amides is 1. The second kappa shape index (κ2) is 4.89. The molecule has 15 heavy (non-hydrogen) atoms. The van der Waals surface area contributed by atoms with Crippen molar-refractivity contribution in [3.63, 3.8) is 0 Å². The molecule has 0 aliphatic carbocycles. The third-order valence-corrected chi connectivity index (χ3v) is 2.57. The molecular formula is C11H15N3O. The monoisotopic (exact) mass is 205 g/mol. The van der Waals surface area contributed by atoms with Crippen LogP contribution in [0, 0.1) is 0 Å². The molecule has 2 heterocycles. The SMILES string of the molecule is O=C1CNCC(CCc2ccncc2)N1. The van der Waals surface area contributed by atoms with Crippen LogP contribution in [0.1, 0.15) is 12.0 Å². The molecule has 0 spiro atoms. The van der Waals surface area contributed by atoms with Crippen molar-refractivity contribution < 1.29 is 4.79 Å². The summed E-state index contributed by atoms with van der Waals surface area (Å²) in [7, 11) is 0. The molecule has 2 rings (SSSR count). The van der Waals surface area contributed by atoms with Gasteiger partial charge in [0.25, 0.3) is 0 Å². The smallest absolute Gasteiger partial charge is 0.234 e. The molecule has 0 bridgehead atoms. The summed E-state index contributed by atoms with van der Waals surface area (Å²) in [5.41, 5.74) is 1.27. The maximum atomic E-state index is 11.1. The number of nitrogens with zero attached hydrogens (tertiary/aromatic N) is 1. The Labute approximate surface area is 89.1 Å². The summed E-state index contributed by atoms with van der Waals surface area (Å²) < 4.78 is 0. The van der Waals surface area contributed by atoms with Crippen LogP contribution < -0.4 is 10.6 Å². The fourth-order valence-corrected chi connectivity index (χ4v) is 1.75. The van der Waals surface area contributed by atoms with Gasteiger partial charge < -0.3 is 10.6 Å². The Balaban J connectivity index is 1.80. The molecule has 1 aliphatic rings. The minimum absolute atomic E-state index is 0.0981. The first-order chi connectivity index (χ1) is 7.34. The average molecular weight is 205 g/mol. The van der Waals surface area contributed by atoms with Gasteiger partial charge in [-0.15, -0.1) is 0 Å². The number of pyridine rings is 1. The van der Waals surface area contributed by atoms with Gasteiger partial charge in [0.2, 0.25) is 5.91 Å². The lowest BCUT2D eigenvalue weighted by Crippen LogP contribution is -2.52. The molecule has 0 aromatic carbocycles. The second-order valence-electron chi connectivity index (χ2n) is 3.79. The van der Waals surface area contributed by atoms with Gasteiger partial charge in [0.05, 0.1) is 6.54 Å². The number of carbonyl (C=O) groups excluding carboxylic acids is 1. The average Bonchev–Trinajstić information content (AvgIpc) is 2.28. The zero-order valence-corrected chi connectivity index (χ0v) is 8.57. The summed E-state index contributed by atoms with van der Waals surface area (Å²) in [5, 5.41) is 6.07. The molecule has 1 saturated heterocycles. The van der Waals surface area contributed by atoms with E-state index in [2.05, 4.69) is 15.6 Å². The number of rotatable bonds is 3. The lowest BCUT2D eigenvalue weighted by molar-refractivity contribution is -0.122. The molecule has 80 valence electrons. The number of aromatic nitrogens is 1. The van der Waals surface area contributed by atoms with E-state index in [9.17, 15) is 4.79 Å². The van der Waals surface area contributed by atoms with Gasteiger partial charge in [-0.25, -0.2) is 0 Å². The molecule has 1 amide bonds. The van der Waals surface area contributed by atoms with Gasteiger partial charge in [-0.1, -0.05) is 0 Å². The predicted octanol–water partition coefficient (Wildman–Crippen LogP) is 0.102. The topological polar surface area (TPSA) is 54.0 Å². The Morgan fingerprint density at radius 3 is 2.93 bits per heavy atom. The van der Waals surface area contributed by atoms with Crippen LogP contribution in [0.5, 0.6) is 0 Å². The normalized spacial score (nSPS) is 21.1. The van der Waals surface area contributed by atoms with Crippen LogP contribution in [0.15, 0.2) is 24.5 Å². The summed E-state index contributed by atoms with van der Waals surface area (Å²) in [4.78, 5) is 15.1. The van der Waals surface area contributed by atoms with Crippen LogP contribution in [0.25, 0.3) is 0 Å². The summed E-state index contributed by atoms with van der Waals surface area (Å²) >= 11 is 0. The molecule has 1 atom stereocenters. The maximum Gasteiger partial charge on any atom is 0.234 e. The first-order valence-corrected chi connectivity index (χ1v) is 5.23. The third-order valence-electron chi connectivity index (χ3n) is 2.57. The molecule has 0 radical (unpaired) electrons. The van der Waals surface area contributed by atoms with Crippen LogP contribution in [0.4, 0.5) is 0 Å². The fourth-order valence-electron chi connectivity index (χ4n) is 1.75. The molecule has 1 unspecified atom stereocenters. The van der Waals surface area contributed by atoms with Gasteiger partial charge in [0, 0.05) is 25.0 Å². The molecule has 0 saturated carbocycles. The number of piperazine rings is 1.